The van der Waals surface area contributed by atoms with Crippen molar-refractivity contribution in [2.24, 2.45) is 5.92 Å². The van der Waals surface area contributed by atoms with E-state index in [0.717, 1.165) is 5.56 Å². The van der Waals surface area contributed by atoms with Crippen molar-refractivity contribution in [2.45, 2.75) is 103 Å². The summed E-state index contributed by atoms with van der Waals surface area (Å²) in [6.45, 7) is 9.56. The minimum absolute atomic E-state index is 0.0210. The first-order valence-electron chi connectivity index (χ1n) is 15.6. The van der Waals surface area contributed by atoms with Crippen LogP contribution in [0.2, 0.25) is 6.32 Å². The Morgan fingerprint density at radius 2 is 1.60 bits per heavy atom. The highest BCUT2D eigenvalue weighted by molar-refractivity contribution is 6.40. The summed E-state index contributed by atoms with van der Waals surface area (Å²) < 4.78 is 15.9. The summed E-state index contributed by atoms with van der Waals surface area (Å²) in [6, 6.07) is 7.91. The Balaban J connectivity index is 2.23. The molecular formula is C31H49BN4O11. The predicted molar refractivity (Wildman–Crippen MR) is 171 cm³/mol. The first-order chi connectivity index (χ1) is 21.8. The average molecular weight is 665 g/mol. The van der Waals surface area contributed by atoms with Gasteiger partial charge in [-0.05, 0) is 78.6 Å². The van der Waals surface area contributed by atoms with E-state index in [2.05, 4.69) is 16.0 Å². The second kappa shape index (κ2) is 17.2. The molecule has 0 saturated carbocycles. The van der Waals surface area contributed by atoms with Gasteiger partial charge in [0.15, 0.2) is 5.54 Å². The van der Waals surface area contributed by atoms with Gasteiger partial charge in [0.1, 0.15) is 23.9 Å². The average Bonchev–Trinajstić information content (AvgIpc) is 2.94. The molecule has 1 heterocycles. The highest BCUT2D eigenvalue weighted by Gasteiger charge is 2.49. The lowest BCUT2D eigenvalue weighted by Gasteiger charge is -2.45. The normalized spacial score (nSPS) is 18.7. The van der Waals surface area contributed by atoms with Crippen LogP contribution in [-0.4, -0.2) is 99.7 Å². The standard InChI is InChI=1S/C31H49BN4O11/c1-29(2,3)46-27(41)34-23(13-10-16-33-26(40)45-19-21-11-8-7-9-12-21)24(37)36-18-22(14-15-32(43)44)17-31(20-36,25(38)39)35-28(42)47-30(4,5)6/h7-9,11-12,22-23,43-44H,10,13-20H2,1-6H3,(H,33,40)(H,34,41)(H,35,42)(H,38,39)/t22-,23-,31+/m0/s1. The Morgan fingerprint density at radius 3 is 2.17 bits per heavy atom. The van der Waals surface area contributed by atoms with Crippen molar-refractivity contribution in [1.29, 1.82) is 0 Å². The van der Waals surface area contributed by atoms with Gasteiger partial charge in [0.25, 0.3) is 0 Å². The smallest absolute Gasteiger partial charge is 0.451 e. The molecule has 1 aromatic carbocycles. The number of carboxylic acids is 1. The van der Waals surface area contributed by atoms with E-state index in [0.29, 0.717) is 0 Å². The first kappa shape index (κ1) is 39.1. The number of alkyl carbamates (subject to hydrolysis) is 3. The maximum Gasteiger partial charge on any atom is 0.451 e. The summed E-state index contributed by atoms with van der Waals surface area (Å²) in [5.74, 6) is -2.62. The molecule has 2 rings (SSSR count). The topological polar surface area (TPSA) is 213 Å². The highest BCUT2D eigenvalue weighted by Crippen LogP contribution is 2.31. The van der Waals surface area contributed by atoms with Crippen LogP contribution in [-0.2, 0) is 30.4 Å². The minimum atomic E-state index is -1.97. The molecular weight excluding hydrogens is 615 g/mol. The second-order valence-corrected chi connectivity index (χ2v) is 13.7. The molecule has 0 aliphatic carbocycles. The molecule has 15 nitrogen and oxygen atoms in total. The Bertz CT molecular complexity index is 1220. The number of carboxylic acid groups (broad SMARTS) is 1. The second-order valence-electron chi connectivity index (χ2n) is 13.7. The highest BCUT2D eigenvalue weighted by atomic mass is 16.6. The molecule has 1 saturated heterocycles. The van der Waals surface area contributed by atoms with Crippen molar-refractivity contribution in [2.75, 3.05) is 19.6 Å². The van der Waals surface area contributed by atoms with Gasteiger partial charge in [-0.1, -0.05) is 36.8 Å². The van der Waals surface area contributed by atoms with E-state index >= 15 is 0 Å². The van der Waals surface area contributed by atoms with Crippen LogP contribution in [0.25, 0.3) is 0 Å². The molecule has 0 bridgehead atoms. The fourth-order valence-corrected chi connectivity index (χ4v) is 5.07. The number of aliphatic carboxylic acids is 1. The van der Waals surface area contributed by atoms with Gasteiger partial charge in [-0.3, -0.25) is 4.79 Å². The van der Waals surface area contributed by atoms with Crippen molar-refractivity contribution in [3.63, 3.8) is 0 Å². The quantitative estimate of drug-likeness (QED) is 0.102. The van der Waals surface area contributed by atoms with Gasteiger partial charge < -0.3 is 50.2 Å². The summed E-state index contributed by atoms with van der Waals surface area (Å²) in [6.07, 6.45) is -2.36. The lowest BCUT2D eigenvalue weighted by Crippen LogP contribution is -2.67. The number of piperidine rings is 1. The monoisotopic (exact) mass is 664 g/mol. The third-order valence-corrected chi connectivity index (χ3v) is 7.01. The van der Waals surface area contributed by atoms with E-state index in [1.165, 1.54) is 4.90 Å². The van der Waals surface area contributed by atoms with E-state index in [-0.39, 0.29) is 51.7 Å². The van der Waals surface area contributed by atoms with Crippen LogP contribution in [0.5, 0.6) is 0 Å². The molecule has 1 fully saturated rings. The molecule has 1 aliphatic rings. The number of carbonyl (C=O) groups is 5. The van der Waals surface area contributed by atoms with Crippen LogP contribution in [0, 0.1) is 5.92 Å². The zero-order valence-electron chi connectivity index (χ0n) is 28.0. The van der Waals surface area contributed by atoms with E-state index in [1.54, 1.807) is 41.5 Å². The molecule has 0 aromatic heterocycles. The molecule has 47 heavy (non-hydrogen) atoms. The van der Waals surface area contributed by atoms with E-state index in [4.69, 9.17) is 14.2 Å². The van der Waals surface area contributed by atoms with Crippen molar-refractivity contribution in [3.05, 3.63) is 35.9 Å². The van der Waals surface area contributed by atoms with Crippen molar-refractivity contribution in [1.82, 2.24) is 20.9 Å². The van der Waals surface area contributed by atoms with Crippen molar-refractivity contribution >= 4 is 37.3 Å². The summed E-state index contributed by atoms with van der Waals surface area (Å²) in [5.41, 5.74) is -2.97. The maximum atomic E-state index is 14.0. The SMILES string of the molecule is CC(C)(C)OC(=O)N[C@@H](CCCNC(=O)OCc1ccccc1)C(=O)N1C[C@@H](CCB(O)O)C[C@](NC(=O)OC(C)(C)C)(C(=O)O)C1. The number of likely N-dealkylation sites (tertiary alicyclic amines) is 1. The van der Waals surface area contributed by atoms with Crippen molar-refractivity contribution in [3.8, 4) is 0 Å². The Labute approximate surface area is 275 Å². The fraction of sp³-hybridized carbons (Fsp3) is 0.645. The Kier molecular flexibility index (Phi) is 14.3. The summed E-state index contributed by atoms with van der Waals surface area (Å²) in [4.78, 5) is 65.6. The molecule has 0 unspecified atom stereocenters. The summed E-state index contributed by atoms with van der Waals surface area (Å²) in [7, 11) is -1.66. The van der Waals surface area contributed by atoms with Crippen LogP contribution in [0.4, 0.5) is 14.4 Å². The Hall–Kier alpha value is -4.05. The fourth-order valence-electron chi connectivity index (χ4n) is 5.07. The van der Waals surface area contributed by atoms with Gasteiger partial charge in [0, 0.05) is 13.1 Å². The van der Waals surface area contributed by atoms with Gasteiger partial charge in [-0.25, -0.2) is 19.2 Å². The van der Waals surface area contributed by atoms with Gasteiger partial charge >= 0.3 is 31.4 Å². The number of ether oxygens (including phenoxy) is 3. The van der Waals surface area contributed by atoms with E-state index in [1.807, 2.05) is 30.3 Å². The molecule has 1 aliphatic heterocycles. The van der Waals surface area contributed by atoms with Crippen LogP contribution < -0.4 is 16.0 Å². The van der Waals surface area contributed by atoms with Crippen LogP contribution in [0.3, 0.4) is 0 Å². The number of benzene rings is 1. The van der Waals surface area contributed by atoms with Crippen molar-refractivity contribution < 1.29 is 53.3 Å². The molecule has 6 N–H and O–H groups in total. The van der Waals surface area contributed by atoms with Gasteiger partial charge in [-0.2, -0.15) is 0 Å². The molecule has 3 atom stereocenters. The number of nitrogens with one attached hydrogen (secondary N) is 3. The first-order valence-corrected chi connectivity index (χ1v) is 15.6. The van der Waals surface area contributed by atoms with Crippen LogP contribution in [0.15, 0.2) is 30.3 Å². The number of rotatable bonds is 13. The molecule has 0 spiro atoms. The third-order valence-electron chi connectivity index (χ3n) is 7.01. The van der Waals surface area contributed by atoms with E-state index in [9.17, 15) is 39.1 Å². The minimum Gasteiger partial charge on any atom is -0.479 e. The molecule has 4 amide bonds. The van der Waals surface area contributed by atoms with Crippen LogP contribution >= 0.6 is 0 Å². The molecule has 0 radical (unpaired) electrons. The lowest BCUT2D eigenvalue weighted by molar-refractivity contribution is -0.152. The number of amides is 4. The van der Waals surface area contributed by atoms with Crippen LogP contribution in [0.1, 0.15) is 72.8 Å². The zero-order chi connectivity index (χ0) is 35.4. The molecule has 16 heteroatoms. The largest absolute Gasteiger partial charge is 0.479 e. The molecule has 1 aromatic rings. The van der Waals surface area contributed by atoms with E-state index < -0.39 is 72.5 Å². The number of hydrogen-bond donors (Lipinski definition) is 6. The summed E-state index contributed by atoms with van der Waals surface area (Å²) in [5, 5.41) is 36.9. The van der Waals surface area contributed by atoms with Gasteiger partial charge in [-0.15, -0.1) is 0 Å². The number of carbonyl (C=O) groups excluding carboxylic acids is 4. The maximum absolute atomic E-state index is 14.0. The van der Waals surface area contributed by atoms with Gasteiger partial charge in [0.05, 0.1) is 6.54 Å². The summed E-state index contributed by atoms with van der Waals surface area (Å²) >= 11 is 0. The molecule has 262 valence electrons. The number of nitrogens with zero attached hydrogens (tertiary/aromatic N) is 1. The number of hydrogen-bond acceptors (Lipinski definition) is 10. The third kappa shape index (κ3) is 14.5. The lowest BCUT2D eigenvalue weighted by atomic mass is 9.75. The Morgan fingerprint density at radius 1 is 0.979 bits per heavy atom. The zero-order valence-corrected chi connectivity index (χ0v) is 28.0. The van der Waals surface area contributed by atoms with Gasteiger partial charge in [0.2, 0.25) is 5.91 Å². The predicted octanol–water partition coefficient (Wildman–Crippen LogP) is 2.65.